The highest BCUT2D eigenvalue weighted by Gasteiger charge is 2.49. The Kier molecular flexibility index (Phi) is 4.57. The van der Waals surface area contributed by atoms with Crippen LogP contribution >= 0.6 is 0 Å². The van der Waals surface area contributed by atoms with Crippen molar-refractivity contribution in [2.24, 2.45) is 11.8 Å². The summed E-state index contributed by atoms with van der Waals surface area (Å²) in [5.74, 6) is -0.870. The van der Waals surface area contributed by atoms with Gasteiger partial charge in [0.2, 0.25) is 5.91 Å². The maximum atomic E-state index is 13.2. The van der Waals surface area contributed by atoms with Gasteiger partial charge in [0.15, 0.2) is 0 Å². The lowest BCUT2D eigenvalue weighted by atomic mass is 9.87. The standard InChI is InChI=1S/C22H23FN2O3/c1-13-5-3-4-6-17(13)21-19-12-24(10-15(19)11-25(21)14(2)26)22(28)18-8-7-16(23)9-20(18)27/h3-9,15,19,21,27H,10-12H2,1-2H3/t15-,19-,21-/m1/s1. The Morgan fingerprint density at radius 1 is 1.11 bits per heavy atom. The van der Waals surface area contributed by atoms with E-state index in [0.29, 0.717) is 19.6 Å². The van der Waals surface area contributed by atoms with Crippen LogP contribution in [0.25, 0.3) is 0 Å². The summed E-state index contributed by atoms with van der Waals surface area (Å²) in [5, 5.41) is 9.97. The van der Waals surface area contributed by atoms with E-state index in [-0.39, 0.29) is 41.0 Å². The molecule has 2 amide bonds. The largest absolute Gasteiger partial charge is 0.507 e. The molecule has 0 saturated carbocycles. The number of benzene rings is 2. The lowest BCUT2D eigenvalue weighted by Gasteiger charge is -2.30. The molecule has 2 fully saturated rings. The second-order valence-electron chi connectivity index (χ2n) is 7.77. The number of halogens is 1. The van der Waals surface area contributed by atoms with Crippen LogP contribution in [0.15, 0.2) is 42.5 Å². The number of aromatic hydroxyl groups is 1. The van der Waals surface area contributed by atoms with Gasteiger partial charge in [0.05, 0.1) is 11.6 Å². The molecule has 1 N–H and O–H groups in total. The van der Waals surface area contributed by atoms with E-state index < -0.39 is 5.82 Å². The highest BCUT2D eigenvalue weighted by atomic mass is 19.1. The van der Waals surface area contributed by atoms with Crippen molar-refractivity contribution in [3.05, 3.63) is 65.0 Å². The smallest absolute Gasteiger partial charge is 0.257 e. The van der Waals surface area contributed by atoms with Crippen molar-refractivity contribution >= 4 is 11.8 Å². The summed E-state index contributed by atoms with van der Waals surface area (Å²) in [6.07, 6.45) is 0. The molecule has 0 aromatic heterocycles. The molecule has 4 rings (SSSR count). The average Bonchev–Trinajstić information content (AvgIpc) is 3.20. The first-order valence-electron chi connectivity index (χ1n) is 9.47. The number of carbonyl (C=O) groups is 2. The summed E-state index contributed by atoms with van der Waals surface area (Å²) in [7, 11) is 0. The summed E-state index contributed by atoms with van der Waals surface area (Å²) in [4.78, 5) is 28.8. The molecule has 5 nitrogen and oxygen atoms in total. The van der Waals surface area contributed by atoms with Crippen LogP contribution in [0.2, 0.25) is 0 Å². The third-order valence-corrected chi connectivity index (χ3v) is 6.05. The number of hydrogen-bond donors (Lipinski definition) is 1. The molecule has 2 aliphatic rings. The maximum Gasteiger partial charge on any atom is 0.257 e. The number of carbonyl (C=O) groups excluding carboxylic acids is 2. The molecule has 146 valence electrons. The van der Waals surface area contributed by atoms with E-state index >= 15 is 0 Å². The van der Waals surface area contributed by atoms with Crippen LogP contribution in [0.3, 0.4) is 0 Å². The molecule has 2 saturated heterocycles. The van der Waals surface area contributed by atoms with E-state index in [1.54, 1.807) is 11.8 Å². The highest BCUT2D eigenvalue weighted by molar-refractivity contribution is 5.97. The minimum Gasteiger partial charge on any atom is -0.507 e. The fraction of sp³-hybridized carbons (Fsp3) is 0.364. The Balaban J connectivity index is 1.62. The van der Waals surface area contributed by atoms with Gasteiger partial charge in [-0.15, -0.1) is 0 Å². The van der Waals surface area contributed by atoms with Gasteiger partial charge in [-0.2, -0.15) is 0 Å². The van der Waals surface area contributed by atoms with Crippen molar-refractivity contribution in [3.8, 4) is 5.75 Å². The molecular formula is C22H23FN2O3. The van der Waals surface area contributed by atoms with Crippen molar-refractivity contribution in [3.63, 3.8) is 0 Å². The van der Waals surface area contributed by atoms with Crippen LogP contribution in [0.1, 0.15) is 34.5 Å². The summed E-state index contributed by atoms with van der Waals surface area (Å²) in [6.45, 7) is 5.26. The summed E-state index contributed by atoms with van der Waals surface area (Å²) >= 11 is 0. The van der Waals surface area contributed by atoms with Gasteiger partial charge in [-0.3, -0.25) is 9.59 Å². The Bertz CT molecular complexity index is 945. The molecule has 0 spiro atoms. The van der Waals surface area contributed by atoms with Gasteiger partial charge < -0.3 is 14.9 Å². The molecule has 0 radical (unpaired) electrons. The number of amides is 2. The molecular weight excluding hydrogens is 359 g/mol. The van der Waals surface area contributed by atoms with Gasteiger partial charge in [-0.05, 0) is 30.2 Å². The maximum absolute atomic E-state index is 13.2. The van der Waals surface area contributed by atoms with Crippen LogP contribution < -0.4 is 0 Å². The van der Waals surface area contributed by atoms with E-state index in [0.717, 1.165) is 17.2 Å². The number of aryl methyl sites for hydroxylation is 1. The molecule has 3 atom stereocenters. The zero-order valence-electron chi connectivity index (χ0n) is 15.9. The summed E-state index contributed by atoms with van der Waals surface area (Å²) in [6, 6.07) is 11.4. The number of likely N-dealkylation sites (tertiary alicyclic amines) is 2. The van der Waals surface area contributed by atoms with Crippen LogP contribution in [-0.4, -0.2) is 46.4 Å². The van der Waals surface area contributed by atoms with Crippen molar-refractivity contribution < 1.29 is 19.1 Å². The Morgan fingerprint density at radius 2 is 1.86 bits per heavy atom. The van der Waals surface area contributed by atoms with Gasteiger partial charge in [0, 0.05) is 44.5 Å². The van der Waals surface area contributed by atoms with Gasteiger partial charge in [0.1, 0.15) is 11.6 Å². The summed E-state index contributed by atoms with van der Waals surface area (Å²) < 4.78 is 13.2. The molecule has 0 bridgehead atoms. The van der Waals surface area contributed by atoms with E-state index in [1.165, 1.54) is 12.1 Å². The van der Waals surface area contributed by atoms with Gasteiger partial charge in [-0.1, -0.05) is 24.3 Å². The van der Waals surface area contributed by atoms with Crippen LogP contribution in [0.5, 0.6) is 5.75 Å². The highest BCUT2D eigenvalue weighted by Crippen LogP contribution is 2.46. The SMILES string of the molecule is CC(=O)N1C[C@H]2CN(C(=O)c3ccc(F)cc3O)C[C@H]2[C@H]1c1ccccc1C. The second-order valence-corrected chi connectivity index (χ2v) is 7.77. The van der Waals surface area contributed by atoms with Crippen molar-refractivity contribution in [1.29, 1.82) is 0 Å². The summed E-state index contributed by atoms with van der Waals surface area (Å²) in [5.41, 5.74) is 2.35. The number of nitrogens with zero attached hydrogens (tertiary/aromatic N) is 2. The Hall–Kier alpha value is -2.89. The van der Waals surface area contributed by atoms with E-state index in [2.05, 4.69) is 6.07 Å². The lowest BCUT2D eigenvalue weighted by Crippen LogP contribution is -2.36. The quantitative estimate of drug-likeness (QED) is 0.868. The van der Waals surface area contributed by atoms with Crippen molar-refractivity contribution in [2.75, 3.05) is 19.6 Å². The fourth-order valence-corrected chi connectivity index (χ4v) is 4.71. The zero-order valence-corrected chi connectivity index (χ0v) is 15.9. The van der Waals surface area contributed by atoms with Crippen LogP contribution in [0.4, 0.5) is 4.39 Å². The molecule has 28 heavy (non-hydrogen) atoms. The molecule has 2 heterocycles. The van der Waals surface area contributed by atoms with Crippen LogP contribution in [0, 0.1) is 24.6 Å². The normalized spacial score (nSPS) is 23.8. The zero-order chi connectivity index (χ0) is 20.0. The number of fused-ring (bicyclic) bond motifs is 1. The minimum absolute atomic E-state index is 0.0386. The number of phenols is 1. The molecule has 6 heteroatoms. The first-order chi connectivity index (χ1) is 13.4. The second kappa shape index (κ2) is 6.93. The molecule has 0 aliphatic carbocycles. The molecule has 2 aromatic carbocycles. The predicted molar refractivity (Wildman–Crippen MR) is 102 cm³/mol. The van der Waals surface area contributed by atoms with E-state index in [4.69, 9.17) is 0 Å². The number of phenolic OH excluding ortho intramolecular Hbond substituents is 1. The van der Waals surface area contributed by atoms with Crippen molar-refractivity contribution in [1.82, 2.24) is 9.80 Å². The fourth-order valence-electron chi connectivity index (χ4n) is 4.71. The van der Waals surface area contributed by atoms with Crippen LogP contribution in [-0.2, 0) is 4.79 Å². The first-order valence-corrected chi connectivity index (χ1v) is 9.47. The Labute approximate surface area is 163 Å². The Morgan fingerprint density at radius 3 is 2.54 bits per heavy atom. The average molecular weight is 382 g/mol. The monoisotopic (exact) mass is 382 g/mol. The van der Waals surface area contributed by atoms with Crippen molar-refractivity contribution in [2.45, 2.75) is 19.9 Å². The first kappa shape index (κ1) is 18.5. The molecule has 2 aliphatic heterocycles. The number of rotatable bonds is 2. The molecule has 0 unspecified atom stereocenters. The predicted octanol–water partition coefficient (Wildman–Crippen LogP) is 3.13. The molecule has 2 aromatic rings. The number of hydrogen-bond acceptors (Lipinski definition) is 3. The van der Waals surface area contributed by atoms with Gasteiger partial charge >= 0.3 is 0 Å². The van der Waals surface area contributed by atoms with Gasteiger partial charge in [0.25, 0.3) is 5.91 Å². The van der Waals surface area contributed by atoms with E-state index in [9.17, 15) is 19.1 Å². The minimum atomic E-state index is -0.580. The van der Waals surface area contributed by atoms with Gasteiger partial charge in [-0.25, -0.2) is 4.39 Å². The topological polar surface area (TPSA) is 60.9 Å². The van der Waals surface area contributed by atoms with E-state index in [1.807, 2.05) is 30.0 Å². The lowest BCUT2D eigenvalue weighted by molar-refractivity contribution is -0.130. The third-order valence-electron chi connectivity index (χ3n) is 6.05. The third kappa shape index (κ3) is 3.03.